The van der Waals surface area contributed by atoms with Crippen LogP contribution in [0.3, 0.4) is 0 Å². The average Bonchev–Trinajstić information content (AvgIpc) is 2.91. The van der Waals surface area contributed by atoms with Gasteiger partial charge in [-0.25, -0.2) is 9.13 Å². The van der Waals surface area contributed by atoms with Crippen molar-refractivity contribution in [2.24, 2.45) is 7.05 Å². The van der Waals surface area contributed by atoms with E-state index in [1.165, 1.54) is 0 Å². The van der Waals surface area contributed by atoms with Gasteiger partial charge in [0, 0.05) is 0 Å². The van der Waals surface area contributed by atoms with E-state index in [1.807, 2.05) is 7.05 Å². The molecule has 2 rings (SSSR count). The number of nitrogens with zero attached hydrogens (tertiary/aromatic N) is 2. The number of aryl methyl sites for hydroxylation is 1. The third-order valence-corrected chi connectivity index (χ3v) is 3.22. The van der Waals surface area contributed by atoms with Gasteiger partial charge in [0.15, 0.2) is 6.04 Å². The van der Waals surface area contributed by atoms with E-state index in [-0.39, 0.29) is 17.0 Å². The molecule has 0 aliphatic carbocycles. The molecule has 21 heavy (non-hydrogen) atoms. The largest absolute Gasteiger partial charge is 1.00 e. The quantitative estimate of drug-likeness (QED) is 0.488. The van der Waals surface area contributed by atoms with Crippen LogP contribution in [0.15, 0.2) is 49.1 Å². The number of aromatic nitrogens is 2. The van der Waals surface area contributed by atoms with Crippen LogP contribution in [0.2, 0.25) is 0 Å². The molecule has 1 heterocycles. The van der Waals surface area contributed by atoms with Crippen molar-refractivity contribution in [3.63, 3.8) is 0 Å². The van der Waals surface area contributed by atoms with Crippen LogP contribution in [0.5, 0.6) is 0 Å². The predicted molar refractivity (Wildman–Crippen MR) is 71.7 cm³/mol. The lowest BCUT2D eigenvalue weighted by Crippen LogP contribution is -3.00. The molecule has 0 radical (unpaired) electrons. The van der Waals surface area contributed by atoms with Crippen LogP contribution < -0.4 is 21.5 Å². The van der Waals surface area contributed by atoms with Crippen LogP contribution in [0.1, 0.15) is 24.6 Å². The predicted octanol–water partition coefficient (Wildman–Crippen LogP) is -2.25. The maximum atomic E-state index is 12.1. The molecule has 0 spiro atoms. The number of rotatable bonds is 5. The smallest absolute Gasteiger partial charge is 0.245 e. The Bertz CT molecular complexity index is 625. The Balaban J connectivity index is 0.00000220. The van der Waals surface area contributed by atoms with Crippen molar-refractivity contribution in [3.05, 3.63) is 54.6 Å². The lowest BCUT2D eigenvalue weighted by molar-refractivity contribution is -0.704. The molecule has 5 nitrogen and oxygen atoms in total. The normalized spacial score (nSPS) is 13.1. The number of carbonyl (C=O) groups is 2. The number of benzene rings is 1. The number of halogens is 1. The molecule has 1 aromatic heterocycles. The first kappa shape index (κ1) is 17.3. The molecule has 2 unspecified atom stereocenters. The summed E-state index contributed by atoms with van der Waals surface area (Å²) in [6.07, 6.45) is 3.80. The molecule has 2 atom stereocenters. The average molecular weight is 353 g/mol. The molecular formula is C15H17BrN2O3. The first-order chi connectivity index (χ1) is 9.50. The summed E-state index contributed by atoms with van der Waals surface area (Å²) in [6.45, 7) is 1.64. The fourth-order valence-corrected chi connectivity index (χ4v) is 1.96. The Morgan fingerprint density at radius 3 is 2.33 bits per heavy atom. The van der Waals surface area contributed by atoms with Crippen molar-refractivity contribution >= 4 is 11.6 Å². The summed E-state index contributed by atoms with van der Waals surface area (Å²) in [5, 5.41) is 9.98. The molecule has 0 saturated carbocycles. The molecule has 0 amide bonds. The van der Waals surface area contributed by atoms with Crippen LogP contribution in [0.4, 0.5) is 0 Å². The van der Waals surface area contributed by atoms with Gasteiger partial charge in [-0.2, -0.15) is 0 Å². The first-order valence-corrected chi connectivity index (χ1v) is 6.34. The summed E-state index contributed by atoms with van der Waals surface area (Å²) in [4.78, 5) is 24.2. The van der Waals surface area contributed by atoms with Crippen molar-refractivity contribution in [2.45, 2.75) is 19.1 Å². The molecule has 112 valence electrons. The summed E-state index contributed by atoms with van der Waals surface area (Å²) in [5.74, 6) is -1.40. The van der Waals surface area contributed by atoms with Crippen LogP contribution in [0.25, 0.3) is 0 Å². The second kappa shape index (κ2) is 7.28. The van der Waals surface area contributed by atoms with Crippen molar-refractivity contribution in [2.75, 3.05) is 0 Å². The zero-order valence-electron chi connectivity index (χ0n) is 11.8. The van der Waals surface area contributed by atoms with E-state index >= 15 is 0 Å². The fraction of sp³-hybridized carbons (Fsp3) is 0.267. The number of hydrogen-bond donors (Lipinski definition) is 1. The lowest BCUT2D eigenvalue weighted by atomic mass is 10.00. The summed E-state index contributed by atoms with van der Waals surface area (Å²) < 4.78 is 3.42. The molecule has 2 aromatic rings. The highest BCUT2D eigenvalue weighted by atomic mass is 79.9. The van der Waals surface area contributed by atoms with Gasteiger partial charge in [-0.15, -0.1) is 0 Å². The van der Waals surface area contributed by atoms with Gasteiger partial charge in [0.1, 0.15) is 18.5 Å². The minimum Gasteiger partial charge on any atom is -1.00 e. The summed E-state index contributed by atoms with van der Waals surface area (Å²) in [7, 11) is 1.83. The summed E-state index contributed by atoms with van der Waals surface area (Å²) in [5.41, 5.74) is 0.427. The van der Waals surface area contributed by atoms with Gasteiger partial charge in [0.05, 0.1) is 7.05 Å². The summed E-state index contributed by atoms with van der Waals surface area (Å²) >= 11 is 0. The molecule has 0 aliphatic heterocycles. The molecule has 0 fully saturated rings. The maximum Gasteiger partial charge on any atom is 0.245 e. The molecule has 0 aliphatic rings. The van der Waals surface area contributed by atoms with Crippen LogP contribution in [-0.2, 0) is 16.6 Å². The fourth-order valence-electron chi connectivity index (χ4n) is 1.96. The van der Waals surface area contributed by atoms with Gasteiger partial charge in [-0.1, -0.05) is 30.3 Å². The standard InChI is InChI=1S/C15H17N2O3.BrH/c1-11(17-9-8-16(2)10-17)13(18)15(20)14(19)12-6-4-3-5-7-12;/h3-11,14,19H,1-2H3;1H/q+1;/p-1. The Morgan fingerprint density at radius 1 is 1.19 bits per heavy atom. The summed E-state index contributed by atoms with van der Waals surface area (Å²) in [6, 6.07) is 7.82. The highest BCUT2D eigenvalue weighted by Crippen LogP contribution is 2.15. The minimum atomic E-state index is -1.41. The number of hydrogen-bond acceptors (Lipinski definition) is 3. The number of aliphatic hydroxyl groups excluding tert-OH is 1. The number of carbonyl (C=O) groups excluding carboxylic acids is 2. The van der Waals surface area contributed by atoms with Crippen molar-refractivity contribution in [1.82, 2.24) is 4.57 Å². The number of Topliss-reactive ketones (excluding diaryl/α,β-unsaturated/α-hetero) is 2. The molecule has 1 N–H and O–H groups in total. The molecule has 0 saturated heterocycles. The van der Waals surface area contributed by atoms with E-state index in [4.69, 9.17) is 0 Å². The van der Waals surface area contributed by atoms with Crippen LogP contribution in [0, 0.1) is 0 Å². The van der Waals surface area contributed by atoms with Crippen molar-refractivity contribution in [3.8, 4) is 0 Å². The minimum absolute atomic E-state index is 0. The number of ketones is 2. The van der Waals surface area contributed by atoms with Crippen molar-refractivity contribution < 1.29 is 36.2 Å². The SMILES string of the molecule is CC(C(=O)C(=O)C(O)c1ccccc1)[n+]1ccn(C)c1.[Br-]. The van der Waals surface area contributed by atoms with Gasteiger partial charge in [0.25, 0.3) is 0 Å². The zero-order chi connectivity index (χ0) is 14.7. The van der Waals surface area contributed by atoms with Crippen LogP contribution in [-0.4, -0.2) is 21.2 Å². The third-order valence-electron chi connectivity index (χ3n) is 3.22. The molecule has 1 aromatic carbocycles. The van der Waals surface area contributed by atoms with Crippen molar-refractivity contribution in [1.29, 1.82) is 0 Å². The Hall–Kier alpha value is -1.79. The van der Waals surface area contributed by atoms with E-state index in [0.29, 0.717) is 5.56 Å². The van der Waals surface area contributed by atoms with Crippen LogP contribution >= 0.6 is 0 Å². The van der Waals surface area contributed by atoms with Gasteiger partial charge in [0.2, 0.25) is 17.9 Å². The zero-order valence-corrected chi connectivity index (χ0v) is 13.4. The number of aliphatic hydroxyl groups is 1. The van der Waals surface area contributed by atoms with Gasteiger partial charge < -0.3 is 22.1 Å². The Morgan fingerprint density at radius 2 is 1.81 bits per heavy atom. The maximum absolute atomic E-state index is 12.1. The molecular weight excluding hydrogens is 336 g/mol. The van der Waals surface area contributed by atoms with E-state index in [2.05, 4.69) is 0 Å². The van der Waals surface area contributed by atoms with Gasteiger partial charge >= 0.3 is 0 Å². The molecule has 0 bridgehead atoms. The third kappa shape index (κ3) is 3.86. The van der Waals surface area contributed by atoms with E-state index in [9.17, 15) is 14.7 Å². The van der Waals surface area contributed by atoms with E-state index < -0.39 is 23.7 Å². The molecule has 6 heteroatoms. The second-order valence-electron chi connectivity index (χ2n) is 4.74. The van der Waals surface area contributed by atoms with Gasteiger partial charge in [-0.05, 0) is 12.5 Å². The van der Waals surface area contributed by atoms with Gasteiger partial charge in [-0.3, -0.25) is 9.59 Å². The Kier molecular flexibility index (Phi) is 5.99. The highest BCUT2D eigenvalue weighted by molar-refractivity contribution is 6.39. The first-order valence-electron chi connectivity index (χ1n) is 6.34. The Labute approximate surface area is 133 Å². The highest BCUT2D eigenvalue weighted by Gasteiger charge is 2.31. The lowest BCUT2D eigenvalue weighted by Gasteiger charge is -2.11. The monoisotopic (exact) mass is 352 g/mol. The van der Waals surface area contributed by atoms with E-state index in [1.54, 1.807) is 65.1 Å². The van der Waals surface area contributed by atoms with E-state index in [0.717, 1.165) is 0 Å². The topological polar surface area (TPSA) is 63.2 Å². The second-order valence-corrected chi connectivity index (χ2v) is 4.74. The number of imidazole rings is 1.